The quantitative estimate of drug-likeness (QED) is 0.736. The molecular weight excluding hydrogens is 338 g/mol. The van der Waals surface area contributed by atoms with Crippen LogP contribution in [0.15, 0.2) is 24.3 Å². The van der Waals surface area contributed by atoms with E-state index in [9.17, 15) is 4.79 Å². The fraction of sp³-hybridized carbons (Fsp3) is 0.682. The van der Waals surface area contributed by atoms with Gasteiger partial charge in [-0.25, -0.2) is 0 Å². The molecule has 1 saturated carbocycles. The number of piperazine rings is 1. The number of likely N-dealkylation sites (N-methyl/N-ethyl adjacent to an activating group) is 1. The second-order valence-electron chi connectivity index (χ2n) is 8.24. The maximum atomic E-state index is 12.6. The molecule has 2 aliphatic rings. The standard InChI is InChI=1S/C22H35N3O2/c1-18(20-9-6-10-21(17-20)27-16-15-23(2)3)24-11-13-25(14-12-24)22(26)19-7-4-5-8-19/h6,9-10,17-19H,4-5,7-8,11-16H2,1-3H3/t18-/m0/s1. The molecular formula is C22H35N3O2. The first-order valence-corrected chi connectivity index (χ1v) is 10.4. The first-order valence-electron chi connectivity index (χ1n) is 10.4. The Labute approximate surface area is 164 Å². The summed E-state index contributed by atoms with van der Waals surface area (Å²) in [6, 6.07) is 8.79. The molecule has 0 N–H and O–H groups in total. The predicted octanol–water partition coefficient (Wildman–Crippen LogP) is 3.02. The van der Waals surface area contributed by atoms with Gasteiger partial charge in [-0.3, -0.25) is 9.69 Å². The number of benzene rings is 1. The van der Waals surface area contributed by atoms with Gasteiger partial charge in [-0.15, -0.1) is 0 Å². The molecule has 1 atom stereocenters. The van der Waals surface area contributed by atoms with Crippen molar-refractivity contribution in [2.75, 3.05) is 53.4 Å². The lowest BCUT2D eigenvalue weighted by molar-refractivity contribution is -0.137. The van der Waals surface area contributed by atoms with Gasteiger partial charge in [0.25, 0.3) is 0 Å². The second kappa shape index (κ2) is 9.56. The smallest absolute Gasteiger partial charge is 0.225 e. The van der Waals surface area contributed by atoms with Gasteiger partial charge in [0.05, 0.1) is 0 Å². The molecule has 1 heterocycles. The van der Waals surface area contributed by atoms with Crippen molar-refractivity contribution in [3.8, 4) is 5.75 Å². The Kier molecular flexibility index (Phi) is 7.13. The zero-order chi connectivity index (χ0) is 19.2. The summed E-state index contributed by atoms with van der Waals surface area (Å²) in [6.45, 7) is 7.49. The van der Waals surface area contributed by atoms with Crippen LogP contribution in [0.4, 0.5) is 0 Å². The average Bonchev–Trinajstić information content (AvgIpc) is 3.22. The highest BCUT2D eigenvalue weighted by molar-refractivity contribution is 5.79. The van der Waals surface area contributed by atoms with Crippen LogP contribution in [0, 0.1) is 5.92 Å². The van der Waals surface area contributed by atoms with Gasteiger partial charge in [0.1, 0.15) is 12.4 Å². The monoisotopic (exact) mass is 373 g/mol. The number of carbonyl (C=O) groups is 1. The Morgan fingerprint density at radius 2 is 1.89 bits per heavy atom. The fourth-order valence-electron chi connectivity index (χ4n) is 4.18. The molecule has 150 valence electrons. The third-order valence-electron chi connectivity index (χ3n) is 6.03. The minimum Gasteiger partial charge on any atom is -0.492 e. The molecule has 1 aliphatic carbocycles. The number of hydrogen-bond acceptors (Lipinski definition) is 4. The maximum absolute atomic E-state index is 12.6. The highest BCUT2D eigenvalue weighted by atomic mass is 16.5. The van der Waals surface area contributed by atoms with Crippen molar-refractivity contribution in [3.05, 3.63) is 29.8 Å². The van der Waals surface area contributed by atoms with E-state index in [1.165, 1.54) is 18.4 Å². The van der Waals surface area contributed by atoms with E-state index in [4.69, 9.17) is 4.74 Å². The molecule has 1 aliphatic heterocycles. The Morgan fingerprint density at radius 1 is 1.19 bits per heavy atom. The van der Waals surface area contributed by atoms with Crippen LogP contribution in [0.25, 0.3) is 0 Å². The molecule has 0 aromatic heterocycles. The van der Waals surface area contributed by atoms with Gasteiger partial charge in [-0.05, 0) is 51.6 Å². The van der Waals surface area contributed by atoms with Crippen LogP contribution in [-0.2, 0) is 4.79 Å². The van der Waals surface area contributed by atoms with Crippen molar-refractivity contribution in [3.63, 3.8) is 0 Å². The zero-order valence-corrected chi connectivity index (χ0v) is 17.2. The summed E-state index contributed by atoms with van der Waals surface area (Å²) in [7, 11) is 4.11. The number of carbonyl (C=O) groups excluding carboxylic acids is 1. The first kappa shape index (κ1) is 20.2. The van der Waals surface area contributed by atoms with Gasteiger partial charge in [0.15, 0.2) is 0 Å². The number of hydrogen-bond donors (Lipinski definition) is 0. The van der Waals surface area contributed by atoms with E-state index in [0.717, 1.165) is 51.3 Å². The van der Waals surface area contributed by atoms with Crippen LogP contribution in [0.5, 0.6) is 5.75 Å². The topological polar surface area (TPSA) is 36.0 Å². The molecule has 3 rings (SSSR count). The Balaban J connectivity index is 1.51. The van der Waals surface area contributed by atoms with E-state index in [1.807, 2.05) is 6.07 Å². The molecule has 1 saturated heterocycles. The summed E-state index contributed by atoms with van der Waals surface area (Å²) in [5, 5.41) is 0. The number of amides is 1. The van der Waals surface area contributed by atoms with Crippen molar-refractivity contribution in [2.24, 2.45) is 5.92 Å². The normalized spacial score (nSPS) is 20.2. The Hall–Kier alpha value is -1.59. The molecule has 1 aromatic carbocycles. The van der Waals surface area contributed by atoms with E-state index in [2.05, 4.69) is 53.9 Å². The molecule has 5 nitrogen and oxygen atoms in total. The molecule has 27 heavy (non-hydrogen) atoms. The summed E-state index contributed by atoms with van der Waals surface area (Å²) in [6.07, 6.45) is 4.63. The van der Waals surface area contributed by atoms with E-state index in [1.54, 1.807) is 0 Å². The van der Waals surface area contributed by atoms with Crippen molar-refractivity contribution in [2.45, 2.75) is 38.6 Å². The lowest BCUT2D eigenvalue weighted by Gasteiger charge is -2.39. The minimum absolute atomic E-state index is 0.296. The Bertz CT molecular complexity index is 605. The van der Waals surface area contributed by atoms with E-state index in [-0.39, 0.29) is 0 Å². The molecule has 0 radical (unpaired) electrons. The largest absolute Gasteiger partial charge is 0.492 e. The lowest BCUT2D eigenvalue weighted by atomic mass is 10.0. The summed E-state index contributed by atoms with van der Waals surface area (Å²) >= 11 is 0. The van der Waals surface area contributed by atoms with Crippen molar-refractivity contribution in [1.82, 2.24) is 14.7 Å². The molecule has 5 heteroatoms. The minimum atomic E-state index is 0.296. The van der Waals surface area contributed by atoms with Gasteiger partial charge in [0, 0.05) is 44.7 Å². The molecule has 2 fully saturated rings. The highest BCUT2D eigenvalue weighted by Crippen LogP contribution is 2.28. The summed E-state index contributed by atoms with van der Waals surface area (Å²) < 4.78 is 5.89. The SMILES string of the molecule is C[C@@H](c1cccc(OCCN(C)C)c1)N1CCN(C(=O)C2CCCC2)CC1. The fourth-order valence-corrected chi connectivity index (χ4v) is 4.18. The third kappa shape index (κ3) is 5.45. The predicted molar refractivity (Wildman–Crippen MR) is 109 cm³/mol. The van der Waals surface area contributed by atoms with Gasteiger partial charge in [0.2, 0.25) is 5.91 Å². The first-order chi connectivity index (χ1) is 13.0. The van der Waals surface area contributed by atoms with Crippen LogP contribution in [0.1, 0.15) is 44.2 Å². The van der Waals surface area contributed by atoms with E-state index < -0.39 is 0 Å². The molecule has 1 amide bonds. The summed E-state index contributed by atoms with van der Waals surface area (Å²) in [4.78, 5) is 19.3. The van der Waals surface area contributed by atoms with Gasteiger partial charge < -0.3 is 14.5 Å². The average molecular weight is 374 g/mol. The van der Waals surface area contributed by atoms with Crippen LogP contribution >= 0.6 is 0 Å². The van der Waals surface area contributed by atoms with Crippen molar-refractivity contribution in [1.29, 1.82) is 0 Å². The van der Waals surface area contributed by atoms with Gasteiger partial charge >= 0.3 is 0 Å². The molecule has 0 bridgehead atoms. The second-order valence-corrected chi connectivity index (χ2v) is 8.24. The van der Waals surface area contributed by atoms with Crippen LogP contribution < -0.4 is 4.74 Å². The van der Waals surface area contributed by atoms with Gasteiger partial charge in [-0.2, -0.15) is 0 Å². The number of rotatable bonds is 7. The van der Waals surface area contributed by atoms with E-state index in [0.29, 0.717) is 24.5 Å². The van der Waals surface area contributed by atoms with Crippen molar-refractivity contribution >= 4 is 5.91 Å². The van der Waals surface area contributed by atoms with Crippen LogP contribution in [0.2, 0.25) is 0 Å². The molecule has 0 spiro atoms. The van der Waals surface area contributed by atoms with Crippen LogP contribution in [0.3, 0.4) is 0 Å². The van der Waals surface area contributed by atoms with Crippen LogP contribution in [-0.4, -0.2) is 74.0 Å². The summed E-state index contributed by atoms with van der Waals surface area (Å²) in [5.41, 5.74) is 1.29. The summed E-state index contributed by atoms with van der Waals surface area (Å²) in [5.74, 6) is 1.64. The van der Waals surface area contributed by atoms with Crippen molar-refractivity contribution < 1.29 is 9.53 Å². The number of ether oxygens (including phenoxy) is 1. The maximum Gasteiger partial charge on any atom is 0.225 e. The third-order valence-corrected chi connectivity index (χ3v) is 6.03. The van der Waals surface area contributed by atoms with Gasteiger partial charge in [-0.1, -0.05) is 25.0 Å². The lowest BCUT2D eigenvalue weighted by Crippen LogP contribution is -2.50. The number of nitrogens with zero attached hydrogens (tertiary/aromatic N) is 3. The highest BCUT2D eigenvalue weighted by Gasteiger charge is 2.30. The zero-order valence-electron chi connectivity index (χ0n) is 17.2. The Morgan fingerprint density at radius 3 is 2.56 bits per heavy atom. The molecule has 1 aromatic rings. The van der Waals surface area contributed by atoms with E-state index >= 15 is 0 Å². The molecule has 0 unspecified atom stereocenters.